The SMILES string of the molecule is c1ccc(-c2c3ccccc3c(-c3ccc(-c4cccc5c4sc4ccccc45)c4ccccc34)c3ccccc23)cc1. The average Bonchev–Trinajstić information content (AvgIpc) is 3.46. The zero-order valence-electron chi connectivity index (χ0n) is 23.4. The van der Waals surface area contributed by atoms with Crippen molar-refractivity contribution in [1.29, 1.82) is 0 Å². The number of hydrogen-bond acceptors (Lipinski definition) is 1. The fraction of sp³-hybridized carbons (Fsp3) is 0. The standard InChI is InChI=1S/C42H26S/c1-2-13-27(14-3-1)40-32-18-6-8-20-34(32)41(35-21-9-7-19-33(35)40)36-26-25-30(28-15-4-5-16-29(28)36)37-22-12-23-38-31-17-10-11-24-39(31)43-42(37)38/h1-26H. The van der Waals surface area contributed by atoms with Crippen LogP contribution in [0.5, 0.6) is 0 Å². The van der Waals surface area contributed by atoms with Gasteiger partial charge in [0.2, 0.25) is 0 Å². The molecule has 0 saturated heterocycles. The lowest BCUT2D eigenvalue weighted by molar-refractivity contribution is 1.66. The second-order valence-electron chi connectivity index (χ2n) is 11.2. The van der Waals surface area contributed by atoms with Crippen LogP contribution in [0.3, 0.4) is 0 Å². The lowest BCUT2D eigenvalue weighted by Crippen LogP contribution is -1.92. The molecule has 0 saturated carbocycles. The third-order valence-electron chi connectivity index (χ3n) is 8.88. The molecule has 0 aliphatic heterocycles. The molecule has 0 aliphatic carbocycles. The third-order valence-corrected chi connectivity index (χ3v) is 10.1. The Morgan fingerprint density at radius 3 is 1.44 bits per heavy atom. The Balaban J connectivity index is 1.37. The molecule has 0 radical (unpaired) electrons. The summed E-state index contributed by atoms with van der Waals surface area (Å²) < 4.78 is 2.69. The molecule has 8 aromatic carbocycles. The highest BCUT2D eigenvalue weighted by Crippen LogP contribution is 2.47. The van der Waals surface area contributed by atoms with Gasteiger partial charge in [-0.3, -0.25) is 0 Å². The van der Waals surface area contributed by atoms with Gasteiger partial charge in [-0.25, -0.2) is 0 Å². The van der Waals surface area contributed by atoms with Gasteiger partial charge in [-0.15, -0.1) is 11.3 Å². The van der Waals surface area contributed by atoms with Gasteiger partial charge < -0.3 is 0 Å². The molecule has 0 amide bonds. The normalized spacial score (nSPS) is 11.7. The summed E-state index contributed by atoms with van der Waals surface area (Å²) >= 11 is 1.90. The highest BCUT2D eigenvalue weighted by molar-refractivity contribution is 7.26. The summed E-state index contributed by atoms with van der Waals surface area (Å²) in [5.74, 6) is 0. The number of benzene rings is 8. The van der Waals surface area contributed by atoms with E-state index >= 15 is 0 Å². The van der Waals surface area contributed by atoms with Crippen LogP contribution in [0.15, 0.2) is 158 Å². The zero-order valence-corrected chi connectivity index (χ0v) is 24.2. The van der Waals surface area contributed by atoms with Crippen molar-refractivity contribution >= 4 is 63.8 Å². The molecule has 43 heavy (non-hydrogen) atoms. The first-order chi connectivity index (χ1) is 21.4. The fourth-order valence-corrected chi connectivity index (χ4v) is 8.28. The predicted octanol–water partition coefficient (Wildman–Crippen LogP) is 12.5. The van der Waals surface area contributed by atoms with Crippen LogP contribution < -0.4 is 0 Å². The Kier molecular flexibility index (Phi) is 5.47. The first kappa shape index (κ1) is 24.4. The molecule has 0 nitrogen and oxygen atoms in total. The summed E-state index contributed by atoms with van der Waals surface area (Å²) in [7, 11) is 0. The van der Waals surface area contributed by atoms with E-state index in [4.69, 9.17) is 0 Å². The zero-order chi connectivity index (χ0) is 28.3. The maximum absolute atomic E-state index is 2.36. The van der Waals surface area contributed by atoms with E-state index < -0.39 is 0 Å². The highest BCUT2D eigenvalue weighted by Gasteiger charge is 2.19. The molecule has 0 atom stereocenters. The van der Waals surface area contributed by atoms with Gasteiger partial charge in [0, 0.05) is 25.7 Å². The summed E-state index contributed by atoms with van der Waals surface area (Å²) in [6.45, 7) is 0. The van der Waals surface area contributed by atoms with E-state index in [2.05, 4.69) is 158 Å². The van der Waals surface area contributed by atoms with E-state index in [0.717, 1.165) is 0 Å². The summed E-state index contributed by atoms with van der Waals surface area (Å²) in [5, 5.41) is 10.4. The summed E-state index contributed by atoms with van der Waals surface area (Å²) in [5.41, 5.74) is 7.70. The van der Waals surface area contributed by atoms with E-state index in [-0.39, 0.29) is 0 Å². The fourth-order valence-electron chi connectivity index (χ4n) is 7.05. The Morgan fingerprint density at radius 1 is 0.279 bits per heavy atom. The summed E-state index contributed by atoms with van der Waals surface area (Å²) in [6.07, 6.45) is 0. The van der Waals surface area contributed by atoms with Gasteiger partial charge in [0.1, 0.15) is 0 Å². The van der Waals surface area contributed by atoms with Crippen molar-refractivity contribution in [2.24, 2.45) is 0 Å². The second kappa shape index (κ2) is 9.66. The molecule has 9 rings (SSSR count). The van der Waals surface area contributed by atoms with Crippen molar-refractivity contribution in [3.8, 4) is 33.4 Å². The molecule has 1 heteroatoms. The highest BCUT2D eigenvalue weighted by atomic mass is 32.1. The minimum atomic E-state index is 1.25. The maximum atomic E-state index is 2.36. The molecule has 1 aromatic heterocycles. The number of fused-ring (bicyclic) bond motifs is 6. The van der Waals surface area contributed by atoms with Gasteiger partial charge in [0.25, 0.3) is 0 Å². The molecule has 0 spiro atoms. The molecule has 0 bridgehead atoms. The minimum Gasteiger partial charge on any atom is -0.135 e. The summed E-state index contributed by atoms with van der Waals surface area (Å²) in [4.78, 5) is 0. The van der Waals surface area contributed by atoms with E-state index in [9.17, 15) is 0 Å². The van der Waals surface area contributed by atoms with Crippen LogP contribution >= 0.6 is 11.3 Å². The van der Waals surface area contributed by atoms with Crippen molar-refractivity contribution in [2.75, 3.05) is 0 Å². The quantitative estimate of drug-likeness (QED) is 0.188. The molecule has 1 heterocycles. The smallest absolute Gasteiger partial charge is 0.0434 e. The Labute approximate surface area is 254 Å². The molecular weight excluding hydrogens is 537 g/mol. The monoisotopic (exact) mass is 562 g/mol. The van der Waals surface area contributed by atoms with Crippen molar-refractivity contribution in [3.05, 3.63) is 158 Å². The lowest BCUT2D eigenvalue weighted by Gasteiger charge is -2.19. The molecule has 0 aliphatic rings. The Hall–Kier alpha value is -5.24. The van der Waals surface area contributed by atoms with Crippen LogP contribution in [0, 0.1) is 0 Å². The van der Waals surface area contributed by atoms with E-state index in [1.54, 1.807) is 0 Å². The van der Waals surface area contributed by atoms with Crippen molar-refractivity contribution in [2.45, 2.75) is 0 Å². The van der Waals surface area contributed by atoms with Gasteiger partial charge in [0.15, 0.2) is 0 Å². The van der Waals surface area contributed by atoms with E-state index in [0.29, 0.717) is 0 Å². The van der Waals surface area contributed by atoms with Gasteiger partial charge >= 0.3 is 0 Å². The largest absolute Gasteiger partial charge is 0.135 e. The van der Waals surface area contributed by atoms with Crippen LogP contribution in [0.25, 0.3) is 85.9 Å². The first-order valence-electron chi connectivity index (χ1n) is 14.8. The molecule has 0 N–H and O–H groups in total. The molecule has 9 aromatic rings. The van der Waals surface area contributed by atoms with Crippen molar-refractivity contribution in [1.82, 2.24) is 0 Å². The number of rotatable bonds is 3. The Morgan fingerprint density at radius 2 is 0.767 bits per heavy atom. The average molecular weight is 563 g/mol. The second-order valence-corrected chi connectivity index (χ2v) is 12.2. The molecule has 0 unspecified atom stereocenters. The maximum Gasteiger partial charge on any atom is 0.0434 e. The lowest BCUT2D eigenvalue weighted by atomic mass is 9.84. The van der Waals surface area contributed by atoms with Gasteiger partial charge in [0.05, 0.1) is 0 Å². The number of hydrogen-bond donors (Lipinski definition) is 0. The Bertz CT molecular complexity index is 2440. The van der Waals surface area contributed by atoms with Gasteiger partial charge in [-0.2, -0.15) is 0 Å². The predicted molar refractivity (Wildman–Crippen MR) is 188 cm³/mol. The van der Waals surface area contributed by atoms with E-state index in [1.807, 2.05) is 11.3 Å². The van der Waals surface area contributed by atoms with E-state index in [1.165, 1.54) is 85.9 Å². The van der Waals surface area contributed by atoms with Crippen LogP contribution in [0.1, 0.15) is 0 Å². The van der Waals surface area contributed by atoms with Gasteiger partial charge in [-0.1, -0.05) is 152 Å². The first-order valence-corrected chi connectivity index (χ1v) is 15.6. The molecule has 200 valence electrons. The third kappa shape index (κ3) is 3.69. The molecule has 0 fully saturated rings. The van der Waals surface area contributed by atoms with Crippen LogP contribution in [0.4, 0.5) is 0 Å². The van der Waals surface area contributed by atoms with Crippen molar-refractivity contribution < 1.29 is 0 Å². The summed E-state index contributed by atoms with van der Waals surface area (Å²) in [6, 6.07) is 57.9. The van der Waals surface area contributed by atoms with Crippen molar-refractivity contribution in [3.63, 3.8) is 0 Å². The van der Waals surface area contributed by atoms with Crippen LogP contribution in [0.2, 0.25) is 0 Å². The topological polar surface area (TPSA) is 0 Å². The van der Waals surface area contributed by atoms with Crippen LogP contribution in [-0.2, 0) is 0 Å². The minimum absolute atomic E-state index is 1.25. The number of thiophene rings is 1. The molecular formula is C42H26S. The van der Waals surface area contributed by atoms with Gasteiger partial charge in [-0.05, 0) is 66.2 Å². The van der Waals surface area contributed by atoms with Crippen LogP contribution in [-0.4, -0.2) is 0 Å².